The van der Waals surface area contributed by atoms with Crippen LogP contribution in [0.25, 0.3) is 16.6 Å². The number of amides is 1. The minimum atomic E-state index is -0.572. The first-order valence-corrected chi connectivity index (χ1v) is 13.4. The smallest absolute Gasteiger partial charge is 0.266 e. The second-order valence-electron chi connectivity index (χ2n) is 9.70. The maximum atomic E-state index is 14.3. The molecule has 2 atom stereocenters. The van der Waals surface area contributed by atoms with Crippen LogP contribution in [0.3, 0.4) is 0 Å². The van der Waals surface area contributed by atoms with Gasteiger partial charge in [0.2, 0.25) is 5.91 Å². The number of carbonyl (C=O) groups is 1. The van der Waals surface area contributed by atoms with Gasteiger partial charge in [0.1, 0.15) is 11.6 Å². The molecule has 6 nitrogen and oxygen atoms in total. The van der Waals surface area contributed by atoms with Gasteiger partial charge in [0, 0.05) is 5.02 Å². The molecule has 0 bridgehead atoms. The topological polar surface area (TPSA) is 68.3 Å². The average molecular weight is 540 g/mol. The van der Waals surface area contributed by atoms with Crippen molar-refractivity contribution in [2.75, 3.05) is 0 Å². The molecule has 0 saturated heterocycles. The van der Waals surface area contributed by atoms with Crippen LogP contribution >= 0.6 is 11.6 Å². The number of nitrogens with zero attached hydrogens (tertiary/aromatic N) is 3. The molecule has 39 heavy (non-hydrogen) atoms. The molecule has 0 aliphatic rings. The van der Waals surface area contributed by atoms with E-state index in [9.17, 15) is 9.59 Å². The zero-order valence-electron chi connectivity index (χ0n) is 22.2. The minimum Gasteiger partial charge on any atom is -0.467 e. The number of benzene rings is 3. The Bertz CT molecular complexity index is 1640. The van der Waals surface area contributed by atoms with Crippen LogP contribution in [0.5, 0.6) is 0 Å². The molecular formula is C32H30ClN3O3. The number of furan rings is 1. The molecular weight excluding hydrogens is 510 g/mol. The fraction of sp³-hybridized carbons (Fsp3) is 0.219. The Balaban J connectivity index is 1.69. The Morgan fingerprint density at radius 2 is 1.77 bits per heavy atom. The summed E-state index contributed by atoms with van der Waals surface area (Å²) in [5.41, 5.74) is 2.96. The van der Waals surface area contributed by atoms with E-state index in [-0.39, 0.29) is 23.9 Å². The lowest BCUT2D eigenvalue weighted by atomic mass is 9.94. The number of rotatable bonds is 8. The maximum Gasteiger partial charge on any atom is 0.266 e. The van der Waals surface area contributed by atoms with Crippen molar-refractivity contribution in [1.82, 2.24) is 14.5 Å². The molecule has 0 saturated carbocycles. The molecule has 2 unspecified atom stereocenters. The minimum absolute atomic E-state index is 0.0662. The zero-order chi connectivity index (χ0) is 27.5. The van der Waals surface area contributed by atoms with Crippen LogP contribution in [0.15, 0.2) is 100 Å². The summed E-state index contributed by atoms with van der Waals surface area (Å²) in [4.78, 5) is 34.9. The highest BCUT2D eigenvalue weighted by Crippen LogP contribution is 2.31. The number of hydrogen-bond acceptors (Lipinski definition) is 4. The fourth-order valence-electron chi connectivity index (χ4n) is 4.95. The van der Waals surface area contributed by atoms with Crippen LogP contribution < -0.4 is 5.56 Å². The molecule has 5 aromatic rings. The lowest BCUT2D eigenvalue weighted by molar-refractivity contribution is -0.136. The molecule has 0 aliphatic carbocycles. The van der Waals surface area contributed by atoms with Gasteiger partial charge in [0.15, 0.2) is 0 Å². The van der Waals surface area contributed by atoms with Crippen LogP contribution in [-0.2, 0) is 11.3 Å². The van der Waals surface area contributed by atoms with Crippen molar-refractivity contribution in [2.45, 2.75) is 45.7 Å². The van der Waals surface area contributed by atoms with Gasteiger partial charge in [-0.3, -0.25) is 14.2 Å². The molecule has 0 N–H and O–H groups in total. The maximum absolute atomic E-state index is 14.3. The molecule has 2 aromatic heterocycles. The third-order valence-corrected chi connectivity index (χ3v) is 7.32. The SMILES string of the molecule is CCC(C(=O)N(Cc1ccco1)C(C)c1nc2cc(Cl)ccc2c(=O)n1-c1ccc(C)cc1)c1ccccc1. The van der Waals surface area contributed by atoms with Gasteiger partial charge in [0.05, 0.1) is 41.4 Å². The summed E-state index contributed by atoms with van der Waals surface area (Å²) in [6.45, 7) is 6.13. The van der Waals surface area contributed by atoms with Crippen LogP contribution in [0.4, 0.5) is 0 Å². The van der Waals surface area contributed by atoms with E-state index < -0.39 is 6.04 Å². The molecule has 198 valence electrons. The summed E-state index contributed by atoms with van der Waals surface area (Å²) in [6.07, 6.45) is 2.21. The van der Waals surface area contributed by atoms with E-state index in [1.165, 1.54) is 0 Å². The lowest BCUT2D eigenvalue weighted by Crippen LogP contribution is -2.39. The molecule has 2 heterocycles. The third kappa shape index (κ3) is 5.38. The number of aryl methyl sites for hydroxylation is 1. The van der Waals surface area contributed by atoms with Crippen molar-refractivity contribution in [3.8, 4) is 5.69 Å². The van der Waals surface area contributed by atoms with Crippen molar-refractivity contribution >= 4 is 28.4 Å². The molecule has 1 amide bonds. The molecule has 0 aliphatic heterocycles. The number of aromatic nitrogens is 2. The van der Waals surface area contributed by atoms with Crippen molar-refractivity contribution in [3.63, 3.8) is 0 Å². The van der Waals surface area contributed by atoms with Gasteiger partial charge in [0.25, 0.3) is 5.56 Å². The highest BCUT2D eigenvalue weighted by molar-refractivity contribution is 6.31. The molecule has 0 spiro atoms. The molecule has 5 rings (SSSR count). The van der Waals surface area contributed by atoms with Crippen molar-refractivity contribution in [2.24, 2.45) is 0 Å². The normalized spacial score (nSPS) is 12.8. The Morgan fingerprint density at radius 3 is 2.44 bits per heavy atom. The van der Waals surface area contributed by atoms with Crippen molar-refractivity contribution < 1.29 is 9.21 Å². The third-order valence-electron chi connectivity index (χ3n) is 7.09. The molecule has 0 fully saturated rings. The van der Waals surface area contributed by atoms with Crippen LogP contribution in [0, 0.1) is 6.92 Å². The van der Waals surface area contributed by atoms with Gasteiger partial charge in [-0.1, -0.05) is 66.6 Å². The van der Waals surface area contributed by atoms with Gasteiger partial charge >= 0.3 is 0 Å². The first-order chi connectivity index (χ1) is 18.9. The standard InChI is InChI=1S/C32H30ClN3O3/c1-4-27(23-9-6-5-7-10-23)31(37)35(20-26-11-8-18-39-26)22(3)30-34-29-19-24(33)14-17-28(29)32(38)36(30)25-15-12-21(2)13-16-25/h5-19,22,27H,4,20H2,1-3H3. The van der Waals surface area contributed by atoms with Gasteiger partial charge in [-0.05, 0) is 68.3 Å². The van der Waals surface area contributed by atoms with E-state index in [2.05, 4.69) is 0 Å². The summed E-state index contributed by atoms with van der Waals surface area (Å²) in [7, 11) is 0. The van der Waals surface area contributed by atoms with E-state index in [1.807, 2.05) is 81.4 Å². The Hall–Kier alpha value is -4.16. The molecule has 7 heteroatoms. The molecule has 0 radical (unpaired) electrons. The van der Waals surface area contributed by atoms with Crippen molar-refractivity contribution in [3.05, 3.63) is 129 Å². The zero-order valence-corrected chi connectivity index (χ0v) is 22.9. The number of halogens is 1. The quantitative estimate of drug-likeness (QED) is 0.209. The van der Waals surface area contributed by atoms with Gasteiger partial charge in [-0.25, -0.2) is 4.98 Å². The van der Waals surface area contributed by atoms with E-state index in [0.717, 1.165) is 11.1 Å². The van der Waals surface area contributed by atoms with E-state index in [4.69, 9.17) is 21.0 Å². The van der Waals surface area contributed by atoms with Crippen LogP contribution in [0.1, 0.15) is 54.9 Å². The first kappa shape index (κ1) is 26.4. The summed E-state index contributed by atoms with van der Waals surface area (Å²) >= 11 is 6.29. The monoisotopic (exact) mass is 539 g/mol. The van der Waals surface area contributed by atoms with Crippen molar-refractivity contribution in [1.29, 1.82) is 0 Å². The van der Waals surface area contributed by atoms with Gasteiger partial charge in [-0.15, -0.1) is 0 Å². The highest BCUT2D eigenvalue weighted by Gasteiger charge is 2.32. The number of hydrogen-bond donors (Lipinski definition) is 0. The predicted octanol–water partition coefficient (Wildman–Crippen LogP) is 7.22. The Morgan fingerprint density at radius 1 is 1.03 bits per heavy atom. The Labute approximate surface area is 232 Å². The van der Waals surface area contributed by atoms with Crippen LogP contribution in [-0.4, -0.2) is 20.4 Å². The summed E-state index contributed by atoms with van der Waals surface area (Å²) in [5, 5.41) is 0.940. The van der Waals surface area contributed by atoms with E-state index in [1.54, 1.807) is 40.0 Å². The van der Waals surface area contributed by atoms with E-state index >= 15 is 0 Å². The largest absolute Gasteiger partial charge is 0.467 e. The Kier molecular flexibility index (Phi) is 7.66. The second kappa shape index (κ2) is 11.3. The van der Waals surface area contributed by atoms with Crippen LogP contribution in [0.2, 0.25) is 5.02 Å². The summed E-state index contributed by atoms with van der Waals surface area (Å²) in [6, 6.07) is 25.6. The van der Waals surface area contributed by atoms with Gasteiger partial charge in [-0.2, -0.15) is 0 Å². The molecule has 3 aromatic carbocycles. The summed E-state index contributed by atoms with van der Waals surface area (Å²) in [5.74, 6) is 0.661. The van der Waals surface area contributed by atoms with E-state index in [0.29, 0.717) is 39.6 Å². The summed E-state index contributed by atoms with van der Waals surface area (Å²) < 4.78 is 7.26. The number of carbonyl (C=O) groups excluding carboxylic acids is 1. The predicted molar refractivity (Wildman–Crippen MR) is 154 cm³/mol. The van der Waals surface area contributed by atoms with Gasteiger partial charge < -0.3 is 9.32 Å². The number of fused-ring (bicyclic) bond motifs is 1. The first-order valence-electron chi connectivity index (χ1n) is 13.0. The average Bonchev–Trinajstić information content (AvgIpc) is 3.46. The fourth-order valence-corrected chi connectivity index (χ4v) is 5.12. The second-order valence-corrected chi connectivity index (χ2v) is 10.1. The lowest BCUT2D eigenvalue weighted by Gasteiger charge is -2.33. The highest BCUT2D eigenvalue weighted by atomic mass is 35.5.